The summed E-state index contributed by atoms with van der Waals surface area (Å²) in [6, 6.07) is 5.28. The van der Waals surface area contributed by atoms with E-state index in [0.717, 1.165) is 5.69 Å². The van der Waals surface area contributed by atoms with Crippen molar-refractivity contribution in [3.63, 3.8) is 0 Å². The fraction of sp³-hybridized carbons (Fsp3) is 0.333. The maximum absolute atomic E-state index is 10.8. The number of nitrogens with two attached hydrogens (primary N) is 1. The summed E-state index contributed by atoms with van der Waals surface area (Å²) in [7, 11) is -0.781. The Morgan fingerprint density at radius 2 is 2.29 bits per heavy atom. The number of anilines is 2. The largest absolute Gasteiger partial charge is 0.399 e. The Labute approximate surface area is 91.1 Å². The molecular weight excluding hydrogens is 220 g/mol. The summed E-state index contributed by atoms with van der Waals surface area (Å²) in [5.74, 6) is 0.612. The van der Waals surface area contributed by atoms with Gasteiger partial charge in [0.25, 0.3) is 0 Å². The molecule has 0 saturated heterocycles. The summed E-state index contributed by atoms with van der Waals surface area (Å²) >= 11 is 5.93. The third-order valence-electron chi connectivity index (χ3n) is 1.70. The number of rotatable bonds is 4. The molecule has 0 amide bonds. The van der Waals surface area contributed by atoms with Crippen molar-refractivity contribution >= 4 is 33.8 Å². The lowest BCUT2D eigenvalue weighted by Crippen LogP contribution is -2.10. The molecule has 0 fully saturated rings. The molecule has 14 heavy (non-hydrogen) atoms. The van der Waals surface area contributed by atoms with Gasteiger partial charge in [-0.1, -0.05) is 11.6 Å². The van der Waals surface area contributed by atoms with Gasteiger partial charge in [-0.2, -0.15) is 0 Å². The van der Waals surface area contributed by atoms with Crippen LogP contribution in [0.4, 0.5) is 11.4 Å². The smallest absolute Gasteiger partial charge is 0.0657 e. The molecule has 3 nitrogen and oxygen atoms in total. The monoisotopic (exact) mass is 232 g/mol. The summed E-state index contributed by atoms with van der Waals surface area (Å²) in [6.07, 6.45) is 1.67. The van der Waals surface area contributed by atoms with Gasteiger partial charge in [-0.3, -0.25) is 4.21 Å². The highest BCUT2D eigenvalue weighted by atomic mass is 35.5. The average molecular weight is 233 g/mol. The van der Waals surface area contributed by atoms with E-state index < -0.39 is 10.8 Å². The number of benzene rings is 1. The molecule has 1 rings (SSSR count). The van der Waals surface area contributed by atoms with Gasteiger partial charge in [0.05, 0.1) is 10.7 Å². The lowest BCUT2D eigenvalue weighted by Gasteiger charge is -2.07. The van der Waals surface area contributed by atoms with Crippen LogP contribution in [-0.2, 0) is 10.8 Å². The van der Waals surface area contributed by atoms with Crippen molar-refractivity contribution in [1.29, 1.82) is 0 Å². The van der Waals surface area contributed by atoms with Gasteiger partial charge in [0.1, 0.15) is 0 Å². The van der Waals surface area contributed by atoms with Gasteiger partial charge >= 0.3 is 0 Å². The van der Waals surface area contributed by atoms with Crippen molar-refractivity contribution in [3.05, 3.63) is 23.2 Å². The van der Waals surface area contributed by atoms with Crippen molar-refractivity contribution in [1.82, 2.24) is 0 Å². The first-order valence-electron chi connectivity index (χ1n) is 4.18. The Morgan fingerprint density at radius 3 is 2.86 bits per heavy atom. The van der Waals surface area contributed by atoms with Gasteiger partial charge in [-0.05, 0) is 18.2 Å². The van der Waals surface area contributed by atoms with E-state index in [1.165, 1.54) is 0 Å². The predicted octanol–water partition coefficient (Wildman–Crippen LogP) is 1.71. The molecule has 0 aliphatic rings. The summed E-state index contributed by atoms with van der Waals surface area (Å²) < 4.78 is 10.8. The Morgan fingerprint density at radius 1 is 1.57 bits per heavy atom. The maximum atomic E-state index is 10.8. The fourth-order valence-corrected chi connectivity index (χ4v) is 1.65. The summed E-state index contributed by atoms with van der Waals surface area (Å²) in [4.78, 5) is 0. The molecule has 0 spiro atoms. The zero-order valence-corrected chi connectivity index (χ0v) is 9.49. The van der Waals surface area contributed by atoms with Crippen LogP contribution in [0.2, 0.25) is 5.02 Å². The molecule has 0 heterocycles. The molecule has 1 aromatic rings. The number of nitrogen functional groups attached to an aromatic ring is 1. The van der Waals surface area contributed by atoms with Crippen LogP contribution in [0.5, 0.6) is 0 Å². The molecule has 0 saturated carbocycles. The lowest BCUT2D eigenvalue weighted by molar-refractivity contribution is 0.687. The van der Waals surface area contributed by atoms with E-state index >= 15 is 0 Å². The van der Waals surface area contributed by atoms with Crippen molar-refractivity contribution in [3.8, 4) is 0 Å². The molecular formula is C9H13ClN2OS. The van der Waals surface area contributed by atoms with Gasteiger partial charge in [0, 0.05) is 35.0 Å². The topological polar surface area (TPSA) is 55.1 Å². The highest BCUT2D eigenvalue weighted by Gasteiger charge is 1.99. The Hall–Kier alpha value is -0.740. The average Bonchev–Trinajstić information content (AvgIpc) is 2.08. The first kappa shape index (κ1) is 11.3. The van der Waals surface area contributed by atoms with Crippen LogP contribution in [-0.4, -0.2) is 22.8 Å². The van der Waals surface area contributed by atoms with Crippen LogP contribution in [0.1, 0.15) is 0 Å². The SMILES string of the molecule is CS(=O)CCNc1ccc(N)cc1Cl. The Kier molecular flexibility index (Phi) is 4.22. The van der Waals surface area contributed by atoms with E-state index in [-0.39, 0.29) is 0 Å². The molecule has 0 radical (unpaired) electrons. The molecule has 5 heteroatoms. The van der Waals surface area contributed by atoms with E-state index in [4.69, 9.17) is 17.3 Å². The zero-order chi connectivity index (χ0) is 10.6. The van der Waals surface area contributed by atoms with Crippen molar-refractivity contribution < 1.29 is 4.21 Å². The van der Waals surface area contributed by atoms with E-state index in [9.17, 15) is 4.21 Å². The van der Waals surface area contributed by atoms with Crippen LogP contribution in [0.15, 0.2) is 18.2 Å². The lowest BCUT2D eigenvalue weighted by atomic mass is 10.3. The second kappa shape index (κ2) is 5.22. The number of halogens is 1. The van der Waals surface area contributed by atoms with Crippen molar-refractivity contribution in [2.75, 3.05) is 29.6 Å². The van der Waals surface area contributed by atoms with Gasteiger partial charge < -0.3 is 11.1 Å². The molecule has 1 atom stereocenters. The maximum Gasteiger partial charge on any atom is 0.0657 e. The molecule has 78 valence electrons. The van der Waals surface area contributed by atoms with Crippen LogP contribution < -0.4 is 11.1 Å². The van der Waals surface area contributed by atoms with Crippen LogP contribution in [0, 0.1) is 0 Å². The third kappa shape index (κ3) is 3.55. The highest BCUT2D eigenvalue weighted by Crippen LogP contribution is 2.23. The van der Waals surface area contributed by atoms with Crippen molar-refractivity contribution in [2.45, 2.75) is 0 Å². The predicted molar refractivity (Wildman–Crippen MR) is 63.3 cm³/mol. The Balaban J connectivity index is 2.55. The first-order chi connectivity index (χ1) is 6.59. The van der Waals surface area contributed by atoms with Gasteiger partial charge in [-0.25, -0.2) is 0 Å². The van der Waals surface area contributed by atoms with Crippen LogP contribution >= 0.6 is 11.6 Å². The van der Waals surface area contributed by atoms with Crippen molar-refractivity contribution in [2.24, 2.45) is 0 Å². The minimum Gasteiger partial charge on any atom is -0.399 e. The van der Waals surface area contributed by atoms with E-state index in [1.807, 2.05) is 6.07 Å². The van der Waals surface area contributed by atoms with Gasteiger partial charge in [-0.15, -0.1) is 0 Å². The Bertz CT molecular complexity index is 344. The first-order valence-corrected chi connectivity index (χ1v) is 6.29. The molecule has 1 unspecified atom stereocenters. The van der Waals surface area contributed by atoms with E-state index in [0.29, 0.717) is 23.0 Å². The second-order valence-electron chi connectivity index (χ2n) is 2.94. The minimum atomic E-state index is -0.781. The van der Waals surface area contributed by atoms with E-state index in [1.54, 1.807) is 18.4 Å². The zero-order valence-electron chi connectivity index (χ0n) is 7.92. The second-order valence-corrected chi connectivity index (χ2v) is 4.91. The quantitative estimate of drug-likeness (QED) is 0.778. The molecule has 0 aromatic heterocycles. The van der Waals surface area contributed by atoms with Crippen LogP contribution in [0.25, 0.3) is 0 Å². The standard InChI is InChI=1S/C9H13ClN2OS/c1-14(13)5-4-12-9-3-2-7(11)6-8(9)10/h2-3,6,12H,4-5,11H2,1H3. The highest BCUT2D eigenvalue weighted by molar-refractivity contribution is 7.84. The van der Waals surface area contributed by atoms with E-state index in [2.05, 4.69) is 5.32 Å². The summed E-state index contributed by atoms with van der Waals surface area (Å²) in [6.45, 7) is 0.646. The fourth-order valence-electron chi connectivity index (χ4n) is 1.00. The van der Waals surface area contributed by atoms with Gasteiger partial charge in [0.15, 0.2) is 0 Å². The number of hydrogen-bond acceptors (Lipinski definition) is 3. The molecule has 1 aromatic carbocycles. The molecule has 3 N–H and O–H groups in total. The minimum absolute atomic E-state index is 0.590. The van der Waals surface area contributed by atoms with Gasteiger partial charge in [0.2, 0.25) is 0 Å². The number of nitrogens with one attached hydrogen (secondary N) is 1. The number of hydrogen-bond donors (Lipinski definition) is 2. The normalized spacial score (nSPS) is 12.4. The molecule has 0 aliphatic carbocycles. The summed E-state index contributed by atoms with van der Waals surface area (Å²) in [5.41, 5.74) is 7.01. The van der Waals surface area contributed by atoms with Crippen LogP contribution in [0.3, 0.4) is 0 Å². The third-order valence-corrected chi connectivity index (χ3v) is 2.79. The molecule has 0 bridgehead atoms. The summed E-state index contributed by atoms with van der Waals surface area (Å²) in [5, 5.41) is 3.68. The molecule has 0 aliphatic heterocycles.